The second-order valence-corrected chi connectivity index (χ2v) is 6.25. The van der Waals surface area contributed by atoms with Crippen molar-refractivity contribution >= 4 is 28.9 Å². The van der Waals surface area contributed by atoms with Gasteiger partial charge in [-0.15, -0.1) is 0 Å². The number of carbonyl (C=O) groups is 1. The monoisotopic (exact) mass is 365 g/mol. The summed E-state index contributed by atoms with van der Waals surface area (Å²) in [5.74, 6) is -0.538. The third-order valence-corrected chi connectivity index (χ3v) is 3.81. The lowest BCUT2D eigenvalue weighted by atomic mass is 10.2. The average Bonchev–Trinajstić information content (AvgIpc) is 2.61. The van der Waals surface area contributed by atoms with Crippen molar-refractivity contribution < 1.29 is 9.18 Å². The van der Waals surface area contributed by atoms with Crippen LogP contribution in [0.1, 0.15) is 16.2 Å². The van der Waals surface area contributed by atoms with Crippen LogP contribution >= 0.6 is 0 Å². The maximum absolute atomic E-state index is 13.3. The summed E-state index contributed by atoms with van der Waals surface area (Å²) in [6.45, 7) is 1.78. The Morgan fingerprint density at radius 2 is 1.74 bits per heavy atom. The Bertz CT molecular complexity index is 957. The predicted molar refractivity (Wildman–Crippen MR) is 105 cm³/mol. The van der Waals surface area contributed by atoms with Crippen LogP contribution in [0.25, 0.3) is 0 Å². The Kier molecular flexibility index (Phi) is 5.30. The number of nitrogens with one attached hydrogen (secondary N) is 2. The van der Waals surface area contributed by atoms with Gasteiger partial charge in [0.2, 0.25) is 5.95 Å². The SMILES string of the molecule is Cc1cc(C(=O)Nc2cccc(F)c2)nc(Nc2ccc(N(C)C)cc2)n1. The van der Waals surface area contributed by atoms with Crippen LogP contribution in [0.4, 0.5) is 27.4 Å². The number of anilines is 4. The van der Waals surface area contributed by atoms with Crippen LogP contribution in [-0.4, -0.2) is 30.0 Å². The van der Waals surface area contributed by atoms with Crippen LogP contribution in [0.3, 0.4) is 0 Å². The van der Waals surface area contributed by atoms with E-state index >= 15 is 0 Å². The largest absolute Gasteiger partial charge is 0.378 e. The maximum atomic E-state index is 13.3. The number of amides is 1. The highest BCUT2D eigenvalue weighted by Crippen LogP contribution is 2.19. The number of hydrogen-bond donors (Lipinski definition) is 2. The quantitative estimate of drug-likeness (QED) is 0.716. The molecule has 0 spiro atoms. The zero-order valence-electron chi connectivity index (χ0n) is 15.3. The molecule has 1 amide bonds. The molecule has 0 fully saturated rings. The summed E-state index contributed by atoms with van der Waals surface area (Å²) in [6, 6.07) is 15.0. The molecule has 0 radical (unpaired) electrons. The topological polar surface area (TPSA) is 70.2 Å². The molecule has 2 aromatic carbocycles. The van der Waals surface area contributed by atoms with E-state index in [1.807, 2.05) is 43.3 Å². The fourth-order valence-electron chi connectivity index (χ4n) is 2.47. The van der Waals surface area contributed by atoms with E-state index in [4.69, 9.17) is 0 Å². The van der Waals surface area contributed by atoms with Crippen molar-refractivity contribution in [3.05, 3.63) is 71.8 Å². The molecule has 0 saturated heterocycles. The van der Waals surface area contributed by atoms with Gasteiger partial charge in [0.25, 0.3) is 5.91 Å². The van der Waals surface area contributed by atoms with E-state index in [0.717, 1.165) is 11.4 Å². The summed E-state index contributed by atoms with van der Waals surface area (Å²) >= 11 is 0. The predicted octanol–water partition coefficient (Wildman–Crippen LogP) is 3.99. The van der Waals surface area contributed by atoms with Crippen molar-refractivity contribution in [2.45, 2.75) is 6.92 Å². The number of aryl methyl sites for hydroxylation is 1. The van der Waals surface area contributed by atoms with Gasteiger partial charge in [0.1, 0.15) is 11.5 Å². The molecule has 0 aliphatic rings. The van der Waals surface area contributed by atoms with E-state index in [0.29, 0.717) is 17.3 Å². The zero-order valence-corrected chi connectivity index (χ0v) is 15.3. The number of benzene rings is 2. The molecule has 27 heavy (non-hydrogen) atoms. The molecule has 2 N–H and O–H groups in total. The van der Waals surface area contributed by atoms with Crippen molar-refractivity contribution in [2.75, 3.05) is 29.6 Å². The molecule has 138 valence electrons. The van der Waals surface area contributed by atoms with Crippen molar-refractivity contribution in [2.24, 2.45) is 0 Å². The van der Waals surface area contributed by atoms with E-state index in [-0.39, 0.29) is 5.69 Å². The molecule has 0 bridgehead atoms. The fraction of sp³-hybridized carbons (Fsp3) is 0.150. The smallest absolute Gasteiger partial charge is 0.274 e. The zero-order chi connectivity index (χ0) is 19.4. The van der Waals surface area contributed by atoms with Crippen molar-refractivity contribution in [3.63, 3.8) is 0 Å². The third-order valence-electron chi connectivity index (χ3n) is 3.81. The number of halogens is 1. The number of hydrogen-bond acceptors (Lipinski definition) is 5. The minimum Gasteiger partial charge on any atom is -0.378 e. The van der Waals surface area contributed by atoms with Gasteiger partial charge in [0, 0.05) is 36.9 Å². The molecule has 3 rings (SSSR count). The van der Waals surface area contributed by atoms with Crippen LogP contribution in [-0.2, 0) is 0 Å². The summed E-state index contributed by atoms with van der Waals surface area (Å²) < 4.78 is 13.3. The minimum absolute atomic E-state index is 0.194. The fourth-order valence-corrected chi connectivity index (χ4v) is 2.47. The molecule has 0 saturated carbocycles. The average molecular weight is 365 g/mol. The van der Waals surface area contributed by atoms with E-state index in [1.165, 1.54) is 18.2 Å². The Morgan fingerprint density at radius 1 is 1.00 bits per heavy atom. The molecule has 0 aliphatic heterocycles. The summed E-state index contributed by atoms with van der Waals surface area (Å²) in [5, 5.41) is 5.73. The van der Waals surface area contributed by atoms with Crippen LogP contribution in [0.15, 0.2) is 54.6 Å². The van der Waals surface area contributed by atoms with Crippen molar-refractivity contribution in [3.8, 4) is 0 Å². The summed E-state index contributed by atoms with van der Waals surface area (Å²) in [5.41, 5.74) is 3.08. The van der Waals surface area contributed by atoms with Gasteiger partial charge in [-0.25, -0.2) is 14.4 Å². The Labute approximate surface area is 157 Å². The summed E-state index contributed by atoms with van der Waals surface area (Å²) in [7, 11) is 3.94. The molecule has 1 heterocycles. The summed E-state index contributed by atoms with van der Waals surface area (Å²) in [6.07, 6.45) is 0. The minimum atomic E-state index is -0.433. The molecular formula is C20H20FN5O. The Hall–Kier alpha value is -3.48. The number of carbonyl (C=O) groups excluding carboxylic acids is 1. The molecular weight excluding hydrogens is 345 g/mol. The van der Waals surface area contributed by atoms with Gasteiger partial charge >= 0.3 is 0 Å². The number of rotatable bonds is 5. The first-order valence-corrected chi connectivity index (χ1v) is 8.38. The molecule has 7 heteroatoms. The number of nitrogens with zero attached hydrogens (tertiary/aromatic N) is 3. The first-order chi connectivity index (χ1) is 12.9. The van der Waals surface area contributed by atoms with Gasteiger partial charge in [-0.1, -0.05) is 6.07 Å². The van der Waals surface area contributed by atoms with Gasteiger partial charge < -0.3 is 15.5 Å². The number of aromatic nitrogens is 2. The highest BCUT2D eigenvalue weighted by atomic mass is 19.1. The van der Waals surface area contributed by atoms with Crippen molar-refractivity contribution in [1.29, 1.82) is 0 Å². The molecule has 1 aromatic heterocycles. The first kappa shape index (κ1) is 18.3. The van der Waals surface area contributed by atoms with Gasteiger partial charge in [-0.05, 0) is 55.5 Å². The lowest BCUT2D eigenvalue weighted by molar-refractivity contribution is 0.102. The highest BCUT2D eigenvalue weighted by molar-refractivity contribution is 6.03. The van der Waals surface area contributed by atoms with Crippen LogP contribution in [0.5, 0.6) is 0 Å². The van der Waals surface area contributed by atoms with Gasteiger partial charge in [0.15, 0.2) is 0 Å². The first-order valence-electron chi connectivity index (χ1n) is 8.38. The molecule has 0 aliphatic carbocycles. The van der Waals surface area contributed by atoms with E-state index in [1.54, 1.807) is 19.1 Å². The Balaban J connectivity index is 1.78. The third kappa shape index (κ3) is 4.78. The van der Waals surface area contributed by atoms with E-state index < -0.39 is 11.7 Å². The Morgan fingerprint density at radius 3 is 2.41 bits per heavy atom. The van der Waals surface area contributed by atoms with Gasteiger partial charge in [0.05, 0.1) is 0 Å². The maximum Gasteiger partial charge on any atom is 0.274 e. The molecule has 3 aromatic rings. The van der Waals surface area contributed by atoms with Crippen LogP contribution < -0.4 is 15.5 Å². The van der Waals surface area contributed by atoms with Crippen LogP contribution in [0, 0.1) is 12.7 Å². The van der Waals surface area contributed by atoms with Gasteiger partial charge in [-0.2, -0.15) is 0 Å². The molecule has 0 unspecified atom stereocenters. The van der Waals surface area contributed by atoms with Gasteiger partial charge in [-0.3, -0.25) is 4.79 Å². The second-order valence-electron chi connectivity index (χ2n) is 6.25. The molecule has 0 atom stereocenters. The standard InChI is InChI=1S/C20H20FN5O/c1-13-11-18(19(27)23-16-6-4-5-14(21)12-16)25-20(22-13)24-15-7-9-17(10-8-15)26(2)3/h4-12H,1-3H3,(H,23,27)(H,22,24,25). The summed E-state index contributed by atoms with van der Waals surface area (Å²) in [4.78, 5) is 23.0. The highest BCUT2D eigenvalue weighted by Gasteiger charge is 2.12. The van der Waals surface area contributed by atoms with Crippen LogP contribution in [0.2, 0.25) is 0 Å². The lowest BCUT2D eigenvalue weighted by Gasteiger charge is -2.13. The molecule has 6 nitrogen and oxygen atoms in total. The normalized spacial score (nSPS) is 10.4. The van der Waals surface area contributed by atoms with Crippen molar-refractivity contribution in [1.82, 2.24) is 9.97 Å². The lowest BCUT2D eigenvalue weighted by Crippen LogP contribution is -2.15. The van der Waals surface area contributed by atoms with E-state index in [2.05, 4.69) is 20.6 Å². The van der Waals surface area contributed by atoms with E-state index in [9.17, 15) is 9.18 Å². The second kappa shape index (κ2) is 7.82.